The molecule has 7 heteroatoms. The number of aryl methyl sites for hydroxylation is 1. The minimum absolute atomic E-state index is 0.0407. The van der Waals surface area contributed by atoms with E-state index in [1.807, 2.05) is 13.0 Å². The van der Waals surface area contributed by atoms with Gasteiger partial charge in [0.05, 0.1) is 5.56 Å². The third-order valence-electron chi connectivity index (χ3n) is 5.67. The van der Waals surface area contributed by atoms with Crippen molar-refractivity contribution in [3.8, 4) is 0 Å². The summed E-state index contributed by atoms with van der Waals surface area (Å²) in [5.74, 6) is -1.68. The molecule has 1 aliphatic heterocycles. The molecule has 0 radical (unpaired) electrons. The Morgan fingerprint density at radius 1 is 1.16 bits per heavy atom. The number of carbonyl (C=O) groups is 3. The highest BCUT2D eigenvalue weighted by Crippen LogP contribution is 2.23. The molecule has 1 heterocycles. The second-order valence-corrected chi connectivity index (χ2v) is 7.96. The number of amides is 3. The summed E-state index contributed by atoms with van der Waals surface area (Å²) >= 11 is 0. The van der Waals surface area contributed by atoms with Crippen molar-refractivity contribution in [1.29, 1.82) is 0 Å². The fourth-order valence-corrected chi connectivity index (χ4v) is 3.93. The first kappa shape index (κ1) is 23.2. The third kappa shape index (κ3) is 5.60. The number of nitrogens with zero attached hydrogens (tertiary/aromatic N) is 1. The SMILES string of the molecule is C=CCNC(=O)[C@@H](NC(=O)c1cccc(C)c1)C1CCN(C(=O)c2ccccc2F)CC1. The molecule has 1 atom stereocenters. The van der Waals surface area contributed by atoms with Crippen LogP contribution < -0.4 is 10.6 Å². The van der Waals surface area contributed by atoms with Gasteiger partial charge in [-0.05, 0) is 49.9 Å². The lowest BCUT2D eigenvalue weighted by molar-refractivity contribution is -0.124. The van der Waals surface area contributed by atoms with Gasteiger partial charge in [0.2, 0.25) is 5.91 Å². The summed E-state index contributed by atoms with van der Waals surface area (Å²) in [6.07, 6.45) is 2.61. The molecule has 2 aromatic rings. The van der Waals surface area contributed by atoms with Crippen LogP contribution in [0.5, 0.6) is 0 Å². The van der Waals surface area contributed by atoms with Crippen LogP contribution in [0, 0.1) is 18.7 Å². The van der Waals surface area contributed by atoms with Crippen LogP contribution in [-0.2, 0) is 4.79 Å². The van der Waals surface area contributed by atoms with Gasteiger partial charge in [0.1, 0.15) is 11.9 Å². The van der Waals surface area contributed by atoms with Crippen molar-refractivity contribution >= 4 is 17.7 Å². The van der Waals surface area contributed by atoms with E-state index in [1.54, 1.807) is 41.3 Å². The Morgan fingerprint density at radius 2 is 1.88 bits per heavy atom. The first-order valence-electron chi connectivity index (χ1n) is 10.7. The molecule has 168 valence electrons. The number of hydrogen-bond donors (Lipinski definition) is 2. The molecule has 2 N–H and O–H groups in total. The number of benzene rings is 2. The first-order chi connectivity index (χ1) is 15.4. The highest BCUT2D eigenvalue weighted by molar-refractivity contribution is 5.98. The van der Waals surface area contributed by atoms with Crippen molar-refractivity contribution in [2.45, 2.75) is 25.8 Å². The molecule has 6 nitrogen and oxygen atoms in total. The lowest BCUT2D eigenvalue weighted by Gasteiger charge is -2.36. The molecule has 1 fully saturated rings. The Morgan fingerprint density at radius 3 is 2.53 bits per heavy atom. The molecule has 0 spiro atoms. The molecule has 0 aliphatic carbocycles. The monoisotopic (exact) mass is 437 g/mol. The van der Waals surface area contributed by atoms with Crippen LogP contribution in [0.1, 0.15) is 39.1 Å². The average Bonchev–Trinajstić information content (AvgIpc) is 2.81. The zero-order valence-corrected chi connectivity index (χ0v) is 18.1. The minimum Gasteiger partial charge on any atom is -0.351 e. The standard InChI is InChI=1S/C25H28FN3O3/c1-3-13-27-24(31)22(28-23(30)19-8-6-7-17(2)16-19)18-11-14-29(15-12-18)25(32)20-9-4-5-10-21(20)26/h3-10,16,18,22H,1,11-15H2,2H3,(H,27,31)(H,28,30)/t22-/m0/s1. The average molecular weight is 438 g/mol. The second-order valence-electron chi connectivity index (χ2n) is 7.96. The Hall–Kier alpha value is -3.48. The molecule has 1 aliphatic rings. The molecular weight excluding hydrogens is 409 g/mol. The molecule has 1 saturated heterocycles. The molecule has 0 aromatic heterocycles. The maximum absolute atomic E-state index is 14.0. The van der Waals surface area contributed by atoms with Gasteiger partial charge in [-0.15, -0.1) is 6.58 Å². The van der Waals surface area contributed by atoms with E-state index >= 15 is 0 Å². The molecular formula is C25H28FN3O3. The number of rotatable bonds is 7. The quantitative estimate of drug-likeness (QED) is 0.654. The minimum atomic E-state index is -0.742. The number of nitrogens with one attached hydrogen (secondary N) is 2. The third-order valence-corrected chi connectivity index (χ3v) is 5.67. The lowest BCUT2D eigenvalue weighted by Crippen LogP contribution is -2.53. The van der Waals surface area contributed by atoms with Gasteiger partial charge in [-0.2, -0.15) is 0 Å². The summed E-state index contributed by atoms with van der Waals surface area (Å²) in [6, 6.07) is 12.3. The van der Waals surface area contributed by atoms with E-state index in [4.69, 9.17) is 0 Å². The van der Waals surface area contributed by atoms with E-state index in [1.165, 1.54) is 12.1 Å². The Bertz CT molecular complexity index is 999. The second kappa shape index (κ2) is 10.7. The number of halogens is 1. The zero-order chi connectivity index (χ0) is 23.1. The molecule has 0 unspecified atom stereocenters. The van der Waals surface area contributed by atoms with E-state index in [0.717, 1.165) is 5.56 Å². The van der Waals surface area contributed by atoms with Gasteiger partial charge in [-0.25, -0.2) is 4.39 Å². The van der Waals surface area contributed by atoms with Gasteiger partial charge in [-0.3, -0.25) is 14.4 Å². The van der Waals surface area contributed by atoms with Crippen LogP contribution in [-0.4, -0.2) is 48.3 Å². The summed E-state index contributed by atoms with van der Waals surface area (Å²) in [5, 5.41) is 5.64. The van der Waals surface area contributed by atoms with Crippen molar-refractivity contribution in [3.05, 3.63) is 83.7 Å². The van der Waals surface area contributed by atoms with Crippen LogP contribution in [0.3, 0.4) is 0 Å². The molecule has 0 bridgehead atoms. The van der Waals surface area contributed by atoms with Gasteiger partial charge in [-0.1, -0.05) is 35.9 Å². The summed E-state index contributed by atoms with van der Waals surface area (Å²) in [7, 11) is 0. The normalized spacial score (nSPS) is 15.0. The Labute approximate surface area is 187 Å². The molecule has 32 heavy (non-hydrogen) atoms. The fraction of sp³-hybridized carbons (Fsp3) is 0.320. The largest absolute Gasteiger partial charge is 0.351 e. The zero-order valence-electron chi connectivity index (χ0n) is 18.1. The van der Waals surface area contributed by atoms with E-state index in [2.05, 4.69) is 17.2 Å². The summed E-state index contributed by atoms with van der Waals surface area (Å²) in [6.45, 7) is 6.56. The van der Waals surface area contributed by atoms with Gasteiger partial charge in [0, 0.05) is 25.2 Å². The molecule has 0 saturated carbocycles. The van der Waals surface area contributed by atoms with Crippen LogP contribution in [0.4, 0.5) is 4.39 Å². The summed E-state index contributed by atoms with van der Waals surface area (Å²) in [4.78, 5) is 39.9. The smallest absolute Gasteiger partial charge is 0.256 e. The topological polar surface area (TPSA) is 78.5 Å². The van der Waals surface area contributed by atoms with Gasteiger partial charge in [0.15, 0.2) is 0 Å². The number of likely N-dealkylation sites (tertiary alicyclic amines) is 1. The van der Waals surface area contributed by atoms with Crippen molar-refractivity contribution in [3.63, 3.8) is 0 Å². The van der Waals surface area contributed by atoms with Crippen molar-refractivity contribution in [2.24, 2.45) is 5.92 Å². The number of carbonyl (C=O) groups excluding carboxylic acids is 3. The predicted octanol–water partition coefficient (Wildman–Crippen LogP) is 3.09. The molecule has 3 rings (SSSR count). The highest BCUT2D eigenvalue weighted by atomic mass is 19.1. The van der Waals surface area contributed by atoms with E-state index in [-0.39, 0.29) is 29.2 Å². The molecule has 3 amide bonds. The molecule has 2 aromatic carbocycles. The van der Waals surface area contributed by atoms with E-state index < -0.39 is 11.9 Å². The van der Waals surface area contributed by atoms with Crippen molar-refractivity contribution in [1.82, 2.24) is 15.5 Å². The van der Waals surface area contributed by atoms with Crippen LogP contribution in [0.2, 0.25) is 0 Å². The lowest BCUT2D eigenvalue weighted by atomic mass is 9.88. The van der Waals surface area contributed by atoms with Crippen molar-refractivity contribution in [2.75, 3.05) is 19.6 Å². The van der Waals surface area contributed by atoms with Gasteiger partial charge >= 0.3 is 0 Å². The van der Waals surface area contributed by atoms with Gasteiger partial charge in [0.25, 0.3) is 11.8 Å². The van der Waals surface area contributed by atoms with Crippen LogP contribution in [0.15, 0.2) is 61.2 Å². The maximum atomic E-state index is 14.0. The van der Waals surface area contributed by atoms with Crippen molar-refractivity contribution < 1.29 is 18.8 Å². The number of piperidine rings is 1. The summed E-state index contributed by atoms with van der Waals surface area (Å²) < 4.78 is 14.0. The highest BCUT2D eigenvalue weighted by Gasteiger charge is 2.34. The summed E-state index contributed by atoms with van der Waals surface area (Å²) in [5.41, 5.74) is 1.47. The van der Waals surface area contributed by atoms with E-state index in [9.17, 15) is 18.8 Å². The Kier molecular flexibility index (Phi) is 7.76. The van der Waals surface area contributed by atoms with E-state index in [0.29, 0.717) is 38.0 Å². The maximum Gasteiger partial charge on any atom is 0.256 e. The van der Waals surface area contributed by atoms with Crippen LogP contribution in [0.25, 0.3) is 0 Å². The van der Waals surface area contributed by atoms with Crippen LogP contribution >= 0.6 is 0 Å². The van der Waals surface area contributed by atoms with Gasteiger partial charge < -0.3 is 15.5 Å². The predicted molar refractivity (Wildman–Crippen MR) is 121 cm³/mol. The Balaban J connectivity index is 1.70. The fourth-order valence-electron chi connectivity index (χ4n) is 3.93. The first-order valence-corrected chi connectivity index (χ1v) is 10.7. The number of hydrogen-bond acceptors (Lipinski definition) is 3.